The molecule has 2 atom stereocenters. The number of carboxylic acids is 1. The van der Waals surface area contributed by atoms with Crippen molar-refractivity contribution in [3.8, 4) is 0 Å². The average molecular weight is 275 g/mol. The summed E-state index contributed by atoms with van der Waals surface area (Å²) >= 11 is 0. The highest BCUT2D eigenvalue weighted by atomic mass is 16.4. The Morgan fingerprint density at radius 2 is 1.95 bits per heavy atom. The lowest BCUT2D eigenvalue weighted by Crippen LogP contribution is -2.44. The van der Waals surface area contributed by atoms with Crippen molar-refractivity contribution in [2.75, 3.05) is 4.90 Å². The van der Waals surface area contributed by atoms with Crippen LogP contribution in [0.15, 0.2) is 6.07 Å². The molecule has 108 valence electrons. The van der Waals surface area contributed by atoms with Crippen LogP contribution >= 0.6 is 0 Å². The fraction of sp³-hybridized carbons (Fsp3) is 0.667. The molecule has 5 heteroatoms. The molecule has 0 radical (unpaired) electrons. The minimum atomic E-state index is -0.670. The quantitative estimate of drug-likeness (QED) is 0.917. The number of rotatable bonds is 3. The van der Waals surface area contributed by atoms with Gasteiger partial charge in [0.15, 0.2) is 0 Å². The molecular weight excluding hydrogens is 254 g/mol. The predicted molar refractivity (Wildman–Crippen MR) is 75.8 cm³/mol. The normalized spacial score (nSPS) is 28.7. The van der Waals surface area contributed by atoms with E-state index in [1.165, 1.54) is 0 Å². The Morgan fingerprint density at radius 3 is 2.50 bits per heavy atom. The third-order valence-corrected chi connectivity index (χ3v) is 4.51. The second-order valence-corrected chi connectivity index (χ2v) is 6.14. The minimum absolute atomic E-state index is 0.308. The van der Waals surface area contributed by atoms with Crippen LogP contribution in [0.2, 0.25) is 0 Å². The lowest BCUT2D eigenvalue weighted by atomic mass is 9.88. The average Bonchev–Trinajstić information content (AvgIpc) is 2.59. The second-order valence-electron chi connectivity index (χ2n) is 6.14. The molecule has 2 bridgehead atoms. The molecule has 0 saturated carbocycles. The highest BCUT2D eigenvalue weighted by molar-refractivity contribution is 5.67. The number of carboxylic acid groups (broad SMARTS) is 1. The molecule has 20 heavy (non-hydrogen) atoms. The van der Waals surface area contributed by atoms with E-state index in [1.54, 1.807) is 0 Å². The van der Waals surface area contributed by atoms with Gasteiger partial charge in [0.05, 0.1) is 0 Å². The number of aryl methyl sites for hydroxylation is 2. The molecule has 2 aliphatic heterocycles. The Bertz CT molecular complexity index is 498. The summed E-state index contributed by atoms with van der Waals surface area (Å²) in [6, 6.07) is 2.95. The number of carbonyl (C=O) groups is 1. The van der Waals surface area contributed by atoms with Crippen LogP contribution < -0.4 is 4.90 Å². The first-order valence-electron chi connectivity index (χ1n) is 7.35. The highest BCUT2D eigenvalue weighted by Gasteiger charge is 2.41. The summed E-state index contributed by atoms with van der Waals surface area (Å²) in [6.07, 6.45) is 4.57. The summed E-state index contributed by atoms with van der Waals surface area (Å²) in [4.78, 5) is 22.2. The van der Waals surface area contributed by atoms with Gasteiger partial charge >= 0.3 is 5.97 Å². The topological polar surface area (TPSA) is 66.3 Å². The van der Waals surface area contributed by atoms with Gasteiger partial charge in [-0.2, -0.15) is 0 Å². The van der Waals surface area contributed by atoms with Gasteiger partial charge in [-0.15, -0.1) is 0 Å². The molecule has 1 aromatic rings. The first kappa shape index (κ1) is 13.3. The van der Waals surface area contributed by atoms with Crippen LogP contribution in [0.1, 0.15) is 43.6 Å². The molecule has 0 spiro atoms. The second kappa shape index (κ2) is 5.04. The van der Waals surface area contributed by atoms with Crippen LogP contribution in [0.5, 0.6) is 0 Å². The van der Waals surface area contributed by atoms with Gasteiger partial charge < -0.3 is 10.0 Å². The lowest BCUT2D eigenvalue weighted by molar-refractivity contribution is -0.138. The molecule has 1 N–H and O–H groups in total. The molecule has 2 unspecified atom stereocenters. The van der Waals surface area contributed by atoms with E-state index in [-0.39, 0.29) is 0 Å². The van der Waals surface area contributed by atoms with E-state index in [1.807, 2.05) is 13.8 Å². The van der Waals surface area contributed by atoms with Gasteiger partial charge in [-0.05, 0) is 45.4 Å². The van der Waals surface area contributed by atoms with E-state index in [4.69, 9.17) is 5.11 Å². The Balaban J connectivity index is 1.81. The Morgan fingerprint density at radius 1 is 1.30 bits per heavy atom. The number of anilines is 1. The van der Waals surface area contributed by atoms with Crippen molar-refractivity contribution in [1.29, 1.82) is 0 Å². The van der Waals surface area contributed by atoms with E-state index in [0.717, 1.165) is 43.0 Å². The number of nitrogens with zero attached hydrogens (tertiary/aromatic N) is 3. The molecular formula is C15H21N3O2. The van der Waals surface area contributed by atoms with Gasteiger partial charge in [0.1, 0.15) is 11.6 Å². The molecule has 0 amide bonds. The number of aliphatic carboxylic acids is 1. The summed E-state index contributed by atoms with van der Waals surface area (Å²) in [5.41, 5.74) is 1.000. The zero-order valence-electron chi connectivity index (χ0n) is 12.0. The van der Waals surface area contributed by atoms with E-state index in [0.29, 0.717) is 24.4 Å². The van der Waals surface area contributed by atoms with Crippen LogP contribution in [-0.2, 0) is 4.79 Å². The molecule has 3 rings (SSSR count). The van der Waals surface area contributed by atoms with Gasteiger partial charge in [0.2, 0.25) is 0 Å². The fourth-order valence-corrected chi connectivity index (χ4v) is 3.91. The molecule has 2 saturated heterocycles. The van der Waals surface area contributed by atoms with Crippen molar-refractivity contribution < 1.29 is 9.90 Å². The molecule has 2 fully saturated rings. The maximum Gasteiger partial charge on any atom is 0.303 e. The van der Waals surface area contributed by atoms with Crippen molar-refractivity contribution in [3.63, 3.8) is 0 Å². The van der Waals surface area contributed by atoms with E-state index >= 15 is 0 Å². The summed E-state index contributed by atoms with van der Waals surface area (Å²) in [6.45, 7) is 3.92. The Hall–Kier alpha value is -1.65. The fourth-order valence-electron chi connectivity index (χ4n) is 3.91. The molecule has 3 heterocycles. The van der Waals surface area contributed by atoms with Crippen molar-refractivity contribution >= 4 is 11.8 Å². The molecule has 1 aromatic heterocycles. The SMILES string of the molecule is Cc1cc(N2C3CCC2CC(CC(=O)O)C3)nc(C)n1. The number of aromatic nitrogens is 2. The van der Waals surface area contributed by atoms with E-state index in [9.17, 15) is 4.79 Å². The van der Waals surface area contributed by atoms with Crippen molar-refractivity contribution in [3.05, 3.63) is 17.6 Å². The number of hydrogen-bond donors (Lipinski definition) is 1. The first-order valence-corrected chi connectivity index (χ1v) is 7.35. The van der Waals surface area contributed by atoms with E-state index < -0.39 is 5.97 Å². The molecule has 0 aromatic carbocycles. The van der Waals surface area contributed by atoms with Crippen LogP contribution in [0.4, 0.5) is 5.82 Å². The highest BCUT2D eigenvalue weighted by Crippen LogP contribution is 2.42. The van der Waals surface area contributed by atoms with Gasteiger partial charge in [0.25, 0.3) is 0 Å². The third kappa shape index (κ3) is 2.49. The molecule has 0 aliphatic carbocycles. The monoisotopic (exact) mass is 275 g/mol. The standard InChI is InChI=1S/C15H21N3O2/c1-9-5-14(17-10(2)16-9)18-12-3-4-13(18)7-11(6-12)8-15(19)20/h5,11-13H,3-4,6-8H2,1-2H3,(H,19,20). The van der Waals surface area contributed by atoms with Crippen LogP contribution in [-0.4, -0.2) is 33.1 Å². The van der Waals surface area contributed by atoms with Crippen LogP contribution in [0.3, 0.4) is 0 Å². The Kier molecular flexibility index (Phi) is 3.36. The third-order valence-electron chi connectivity index (χ3n) is 4.51. The number of piperidine rings is 1. The van der Waals surface area contributed by atoms with Crippen molar-refractivity contribution in [2.24, 2.45) is 5.92 Å². The van der Waals surface area contributed by atoms with Crippen molar-refractivity contribution in [1.82, 2.24) is 9.97 Å². The largest absolute Gasteiger partial charge is 0.481 e. The van der Waals surface area contributed by atoms with Gasteiger partial charge in [0, 0.05) is 30.3 Å². The lowest BCUT2D eigenvalue weighted by Gasteiger charge is -2.39. The molecule has 2 aliphatic rings. The van der Waals surface area contributed by atoms with Gasteiger partial charge in [-0.3, -0.25) is 4.79 Å². The minimum Gasteiger partial charge on any atom is -0.481 e. The summed E-state index contributed by atoms with van der Waals surface area (Å²) in [5.74, 6) is 1.49. The van der Waals surface area contributed by atoms with Crippen LogP contribution in [0, 0.1) is 19.8 Å². The number of fused-ring (bicyclic) bond motifs is 2. The number of hydrogen-bond acceptors (Lipinski definition) is 4. The zero-order valence-corrected chi connectivity index (χ0v) is 12.0. The van der Waals surface area contributed by atoms with Crippen LogP contribution in [0.25, 0.3) is 0 Å². The van der Waals surface area contributed by atoms with E-state index in [2.05, 4.69) is 20.9 Å². The zero-order chi connectivity index (χ0) is 14.3. The van der Waals surface area contributed by atoms with Gasteiger partial charge in [-0.1, -0.05) is 0 Å². The molecule has 5 nitrogen and oxygen atoms in total. The maximum atomic E-state index is 10.9. The summed E-state index contributed by atoms with van der Waals surface area (Å²) in [5, 5.41) is 8.98. The van der Waals surface area contributed by atoms with Gasteiger partial charge in [-0.25, -0.2) is 9.97 Å². The summed E-state index contributed by atoms with van der Waals surface area (Å²) < 4.78 is 0. The van der Waals surface area contributed by atoms with Crippen molar-refractivity contribution in [2.45, 2.75) is 58.0 Å². The summed E-state index contributed by atoms with van der Waals surface area (Å²) in [7, 11) is 0. The first-order chi connectivity index (χ1) is 9.52. The smallest absolute Gasteiger partial charge is 0.303 e. The predicted octanol–water partition coefficient (Wildman–Crippen LogP) is 2.32. The maximum absolute atomic E-state index is 10.9. The Labute approximate surface area is 119 Å².